The summed E-state index contributed by atoms with van der Waals surface area (Å²) in [5.74, 6) is -0.712. The molecule has 8 nitrogen and oxygen atoms in total. The second-order valence-corrected chi connectivity index (χ2v) is 8.20. The number of ether oxygens (including phenoxy) is 2. The van der Waals surface area contributed by atoms with Gasteiger partial charge in [0.2, 0.25) is 11.8 Å². The first-order valence-corrected chi connectivity index (χ1v) is 11.0. The lowest BCUT2D eigenvalue weighted by molar-refractivity contribution is -0.136. The molecule has 8 heteroatoms. The Kier molecular flexibility index (Phi) is 4.88. The minimum Gasteiger partial charge on any atom is -0.489 e. The first-order valence-electron chi connectivity index (χ1n) is 13.0. The number of rotatable bonds is 6. The Morgan fingerprint density at radius 2 is 1.91 bits per heavy atom. The van der Waals surface area contributed by atoms with Crippen LogP contribution in [0.15, 0.2) is 42.4 Å². The van der Waals surface area contributed by atoms with Crippen molar-refractivity contribution in [1.29, 1.82) is 0 Å². The first-order chi connectivity index (χ1) is 17.7. The fourth-order valence-corrected chi connectivity index (χ4v) is 4.25. The number of carbonyl (C=O) groups excluding carboxylic acids is 3. The van der Waals surface area contributed by atoms with E-state index in [0.717, 1.165) is 0 Å². The monoisotopic (exact) mass is 453 g/mol. The van der Waals surface area contributed by atoms with Gasteiger partial charge in [-0.3, -0.25) is 24.6 Å². The molecule has 0 aromatic heterocycles. The Morgan fingerprint density at radius 3 is 2.73 bits per heavy atom. The number of morpholine rings is 1. The number of fused-ring (bicyclic) bond motifs is 1. The maximum absolute atomic E-state index is 13.0. The highest BCUT2D eigenvalue weighted by atomic mass is 16.5. The summed E-state index contributed by atoms with van der Waals surface area (Å²) in [7, 11) is 0. The third-order valence-electron chi connectivity index (χ3n) is 6.02. The van der Waals surface area contributed by atoms with Crippen molar-refractivity contribution in [2.75, 3.05) is 26.3 Å². The normalized spacial score (nSPS) is 23.3. The molecule has 1 N–H and O–H groups in total. The van der Waals surface area contributed by atoms with Crippen molar-refractivity contribution in [3.8, 4) is 5.75 Å². The van der Waals surface area contributed by atoms with Crippen LogP contribution >= 0.6 is 0 Å². The van der Waals surface area contributed by atoms with Crippen molar-refractivity contribution in [2.45, 2.75) is 38.5 Å². The summed E-state index contributed by atoms with van der Waals surface area (Å²) in [4.78, 5) is 39.9. The summed E-state index contributed by atoms with van der Waals surface area (Å²) in [6.07, 6.45) is 0.431. The average Bonchev–Trinajstić information content (AvgIpc) is 3.21. The zero-order valence-electron chi connectivity index (χ0n) is 22.1. The highest BCUT2D eigenvalue weighted by Crippen LogP contribution is 2.34. The molecule has 33 heavy (non-hydrogen) atoms. The topological polar surface area (TPSA) is 88.2 Å². The molecule has 172 valence electrons. The number of benzene rings is 2. The van der Waals surface area contributed by atoms with Gasteiger partial charge in [0.25, 0.3) is 5.91 Å². The van der Waals surface area contributed by atoms with E-state index in [1.807, 2.05) is 0 Å². The van der Waals surface area contributed by atoms with Crippen LogP contribution in [0.3, 0.4) is 0 Å². The lowest BCUT2D eigenvalue weighted by atomic mass is 10.0. The van der Waals surface area contributed by atoms with E-state index < -0.39 is 18.4 Å². The van der Waals surface area contributed by atoms with E-state index in [1.54, 1.807) is 23.1 Å². The van der Waals surface area contributed by atoms with E-state index in [2.05, 4.69) is 5.32 Å². The van der Waals surface area contributed by atoms with Gasteiger partial charge in [0.1, 0.15) is 18.4 Å². The molecule has 3 heterocycles. The lowest BCUT2D eigenvalue weighted by Gasteiger charge is -2.29. The smallest absolute Gasteiger partial charge is 0.255 e. The number of hydrogen-bond acceptors (Lipinski definition) is 6. The fraction of sp³-hybridized carbons (Fsp3) is 0.400. The van der Waals surface area contributed by atoms with Crippen molar-refractivity contribution in [3.05, 3.63) is 64.7 Å². The van der Waals surface area contributed by atoms with Crippen LogP contribution < -0.4 is 10.1 Å². The quantitative estimate of drug-likeness (QED) is 0.672. The van der Waals surface area contributed by atoms with Crippen LogP contribution in [0.25, 0.3) is 0 Å². The van der Waals surface area contributed by atoms with Crippen molar-refractivity contribution in [1.82, 2.24) is 15.1 Å². The van der Waals surface area contributed by atoms with Crippen LogP contribution in [-0.2, 0) is 34.0 Å². The Balaban J connectivity index is 1.33. The number of hydrogen-bond donors (Lipinski definition) is 1. The molecule has 1 unspecified atom stereocenters. The zero-order chi connectivity index (χ0) is 26.3. The number of nitrogens with zero attached hydrogens (tertiary/aromatic N) is 2. The van der Waals surface area contributed by atoms with Crippen molar-refractivity contribution >= 4 is 17.7 Å². The van der Waals surface area contributed by atoms with Gasteiger partial charge in [0.15, 0.2) is 0 Å². The Morgan fingerprint density at radius 1 is 1.12 bits per heavy atom. The molecule has 3 aliphatic heterocycles. The molecule has 0 aliphatic carbocycles. The first kappa shape index (κ1) is 17.3. The van der Waals surface area contributed by atoms with Crippen molar-refractivity contribution in [2.24, 2.45) is 0 Å². The van der Waals surface area contributed by atoms with E-state index in [-0.39, 0.29) is 55.5 Å². The van der Waals surface area contributed by atoms with E-state index in [4.69, 9.17) is 15.0 Å². The molecular weight excluding hydrogens is 422 g/mol. The molecule has 2 fully saturated rings. The van der Waals surface area contributed by atoms with Crippen LogP contribution in [0.5, 0.6) is 5.75 Å². The molecule has 0 bridgehead atoms. The summed E-state index contributed by atoms with van der Waals surface area (Å²) < 4.78 is 45.3. The standard InChI is InChI=1S/C25H27N3O5/c29-23-9-8-21(24(30)26-23)28-15-20-19(25(28)31)2-1-3-22(20)33-16-18-6-4-17(5-7-18)14-27-10-12-32-13-11-27/h1-7,21H,8-16H2,(H,26,29,30)/i4D,7D,14D2. The molecule has 2 saturated heterocycles. The number of nitrogens with one attached hydrogen (secondary N) is 1. The maximum Gasteiger partial charge on any atom is 0.255 e. The number of carbonyl (C=O) groups is 3. The molecule has 5 rings (SSSR count). The van der Waals surface area contributed by atoms with Gasteiger partial charge >= 0.3 is 0 Å². The van der Waals surface area contributed by atoms with Crippen LogP contribution in [0, 0.1) is 0 Å². The molecule has 1 atom stereocenters. The molecular formula is C25H27N3O5. The van der Waals surface area contributed by atoms with Crippen LogP contribution in [0.2, 0.25) is 0 Å². The van der Waals surface area contributed by atoms with E-state index in [1.165, 1.54) is 17.0 Å². The van der Waals surface area contributed by atoms with E-state index in [0.29, 0.717) is 48.7 Å². The third kappa shape index (κ3) is 4.62. The van der Waals surface area contributed by atoms with Crippen LogP contribution in [-0.4, -0.2) is 59.9 Å². The van der Waals surface area contributed by atoms with Gasteiger partial charge in [-0.1, -0.05) is 30.3 Å². The molecule has 3 amide bonds. The summed E-state index contributed by atoms with van der Waals surface area (Å²) in [6.45, 7) is -0.164. The molecule has 0 spiro atoms. The Hall–Kier alpha value is -3.23. The second-order valence-electron chi connectivity index (χ2n) is 8.20. The minimum atomic E-state index is -1.91. The van der Waals surface area contributed by atoms with Gasteiger partial charge in [-0.05, 0) is 29.7 Å². The van der Waals surface area contributed by atoms with Gasteiger partial charge in [-0.25, -0.2) is 0 Å². The van der Waals surface area contributed by atoms with Crippen molar-refractivity contribution < 1.29 is 29.3 Å². The minimum absolute atomic E-state index is 0.0245. The SMILES string of the molecule is [2H]c1cc(C([2H])([2H])N2CCOCC2)c([2H])cc1COc1cccc2c1CN(C1CCC(=O)NC1=O)C2=O. The summed E-state index contributed by atoms with van der Waals surface area (Å²) in [5, 5.41) is 2.28. The zero-order valence-corrected chi connectivity index (χ0v) is 18.1. The molecule has 3 aliphatic rings. The van der Waals surface area contributed by atoms with Gasteiger partial charge in [-0.2, -0.15) is 0 Å². The fourth-order valence-electron chi connectivity index (χ4n) is 4.25. The van der Waals surface area contributed by atoms with E-state index in [9.17, 15) is 14.4 Å². The summed E-state index contributed by atoms with van der Waals surface area (Å²) in [5.41, 5.74) is 1.57. The van der Waals surface area contributed by atoms with Gasteiger partial charge in [0, 0.05) is 39.9 Å². The van der Waals surface area contributed by atoms with Gasteiger partial charge in [-0.15, -0.1) is 0 Å². The Labute approximate surface area is 198 Å². The van der Waals surface area contributed by atoms with Crippen LogP contribution in [0.4, 0.5) is 0 Å². The highest BCUT2D eigenvalue weighted by Gasteiger charge is 2.40. The van der Waals surface area contributed by atoms with Gasteiger partial charge < -0.3 is 14.4 Å². The number of amides is 3. The summed E-state index contributed by atoms with van der Waals surface area (Å²) >= 11 is 0. The Bertz CT molecular complexity index is 1270. The van der Waals surface area contributed by atoms with Crippen molar-refractivity contribution in [3.63, 3.8) is 0 Å². The molecule has 0 saturated carbocycles. The van der Waals surface area contributed by atoms with Gasteiger partial charge in [0.05, 0.1) is 22.5 Å². The highest BCUT2D eigenvalue weighted by molar-refractivity contribution is 6.05. The summed E-state index contributed by atoms with van der Waals surface area (Å²) in [6, 6.07) is 7.16. The lowest BCUT2D eigenvalue weighted by Crippen LogP contribution is -2.52. The van der Waals surface area contributed by atoms with E-state index >= 15 is 0 Å². The maximum atomic E-state index is 13.0. The third-order valence-corrected chi connectivity index (χ3v) is 6.02. The molecule has 0 radical (unpaired) electrons. The predicted octanol–water partition coefficient (Wildman–Crippen LogP) is 1.86. The second kappa shape index (κ2) is 9.33. The molecule has 2 aromatic rings. The molecule has 2 aromatic carbocycles. The number of piperidine rings is 1. The largest absolute Gasteiger partial charge is 0.489 e. The number of imide groups is 1. The predicted molar refractivity (Wildman–Crippen MR) is 119 cm³/mol. The van der Waals surface area contributed by atoms with Crippen LogP contribution in [0.1, 0.15) is 45.4 Å². The average molecular weight is 454 g/mol.